The standard InChI is InChI=1S/C16H14N4O/c1-21-13-6-4-11(5-7-13)15-14(9-17)19-16(20-15)12-3-2-8-18-10-12/h2-10,17H,1H3,(H,19,20). The van der Waals surface area contributed by atoms with Gasteiger partial charge in [0.25, 0.3) is 0 Å². The second kappa shape index (κ2) is 5.58. The molecule has 0 saturated heterocycles. The normalized spacial score (nSPS) is 10.3. The number of aromatic amines is 1. The van der Waals surface area contributed by atoms with Crippen LogP contribution in [0.25, 0.3) is 22.6 Å². The number of methoxy groups -OCH3 is 1. The molecular formula is C16H14N4O. The van der Waals surface area contributed by atoms with Crippen LogP contribution in [0.1, 0.15) is 5.69 Å². The molecule has 5 nitrogen and oxygen atoms in total. The molecule has 0 spiro atoms. The van der Waals surface area contributed by atoms with Gasteiger partial charge >= 0.3 is 0 Å². The van der Waals surface area contributed by atoms with Crippen molar-refractivity contribution in [2.75, 3.05) is 7.11 Å². The molecule has 2 heterocycles. The van der Waals surface area contributed by atoms with Crippen LogP contribution in [-0.4, -0.2) is 28.3 Å². The average Bonchev–Trinajstić information content (AvgIpc) is 3.00. The minimum atomic E-state index is 0.666. The van der Waals surface area contributed by atoms with Crippen LogP contribution in [0.3, 0.4) is 0 Å². The summed E-state index contributed by atoms with van der Waals surface area (Å²) >= 11 is 0. The van der Waals surface area contributed by atoms with Crippen molar-refractivity contribution in [1.82, 2.24) is 15.0 Å². The minimum absolute atomic E-state index is 0.666. The van der Waals surface area contributed by atoms with Crippen LogP contribution >= 0.6 is 0 Å². The van der Waals surface area contributed by atoms with Gasteiger partial charge in [-0.15, -0.1) is 0 Å². The molecule has 0 saturated carbocycles. The molecule has 0 unspecified atom stereocenters. The molecule has 2 aromatic heterocycles. The first kappa shape index (κ1) is 13.1. The Balaban J connectivity index is 2.05. The Kier molecular flexibility index (Phi) is 3.47. The van der Waals surface area contributed by atoms with Gasteiger partial charge in [0.15, 0.2) is 0 Å². The SMILES string of the molecule is COc1ccc(-c2nc(-c3cccnc3)[nH]c2C=N)cc1. The molecule has 0 radical (unpaired) electrons. The number of ether oxygens (including phenoxy) is 1. The van der Waals surface area contributed by atoms with Crippen molar-refractivity contribution in [3.05, 3.63) is 54.5 Å². The number of pyridine rings is 1. The molecule has 0 amide bonds. The molecular weight excluding hydrogens is 264 g/mol. The molecule has 21 heavy (non-hydrogen) atoms. The van der Waals surface area contributed by atoms with E-state index in [9.17, 15) is 0 Å². The van der Waals surface area contributed by atoms with Crippen molar-refractivity contribution >= 4 is 6.21 Å². The Morgan fingerprint density at radius 2 is 1.95 bits per heavy atom. The molecule has 0 atom stereocenters. The first-order valence-electron chi connectivity index (χ1n) is 6.47. The number of imidazole rings is 1. The van der Waals surface area contributed by atoms with Gasteiger partial charge in [-0.05, 0) is 36.4 Å². The Bertz CT molecular complexity index is 748. The summed E-state index contributed by atoms with van der Waals surface area (Å²) < 4.78 is 5.15. The molecule has 0 fully saturated rings. The Morgan fingerprint density at radius 1 is 1.14 bits per heavy atom. The molecule has 3 aromatic rings. The quantitative estimate of drug-likeness (QED) is 0.720. The number of benzene rings is 1. The van der Waals surface area contributed by atoms with Gasteiger partial charge in [-0.2, -0.15) is 0 Å². The summed E-state index contributed by atoms with van der Waals surface area (Å²) in [7, 11) is 1.63. The summed E-state index contributed by atoms with van der Waals surface area (Å²) in [5, 5.41) is 7.55. The third kappa shape index (κ3) is 2.53. The van der Waals surface area contributed by atoms with Gasteiger partial charge in [-0.1, -0.05) is 0 Å². The first-order chi connectivity index (χ1) is 10.3. The van der Waals surface area contributed by atoms with Gasteiger partial charge in [0.05, 0.1) is 18.5 Å². The molecule has 0 aliphatic carbocycles. The fourth-order valence-corrected chi connectivity index (χ4v) is 2.10. The lowest BCUT2D eigenvalue weighted by Gasteiger charge is -2.01. The van der Waals surface area contributed by atoms with E-state index in [1.165, 1.54) is 6.21 Å². The van der Waals surface area contributed by atoms with Gasteiger partial charge in [-0.25, -0.2) is 4.98 Å². The van der Waals surface area contributed by atoms with Crippen molar-refractivity contribution < 1.29 is 4.74 Å². The van der Waals surface area contributed by atoms with Gasteiger partial charge in [0.1, 0.15) is 11.6 Å². The highest BCUT2D eigenvalue weighted by Crippen LogP contribution is 2.26. The molecule has 5 heteroatoms. The van der Waals surface area contributed by atoms with E-state index in [0.717, 1.165) is 22.6 Å². The molecule has 104 valence electrons. The Labute approximate surface area is 122 Å². The second-order valence-corrected chi connectivity index (χ2v) is 4.46. The summed E-state index contributed by atoms with van der Waals surface area (Å²) in [6, 6.07) is 11.4. The summed E-state index contributed by atoms with van der Waals surface area (Å²) in [5.41, 5.74) is 3.23. The molecule has 3 rings (SSSR count). The van der Waals surface area contributed by atoms with Crippen LogP contribution in [0.15, 0.2) is 48.8 Å². The summed E-state index contributed by atoms with van der Waals surface area (Å²) in [6.07, 6.45) is 4.73. The maximum absolute atomic E-state index is 7.55. The van der Waals surface area contributed by atoms with Crippen LogP contribution in [-0.2, 0) is 0 Å². The molecule has 0 aliphatic rings. The number of nitrogens with zero attached hydrogens (tertiary/aromatic N) is 2. The Hall–Kier alpha value is -2.95. The smallest absolute Gasteiger partial charge is 0.140 e. The maximum atomic E-state index is 7.55. The second-order valence-electron chi connectivity index (χ2n) is 4.46. The van der Waals surface area contributed by atoms with Gasteiger partial charge in [0.2, 0.25) is 0 Å². The van der Waals surface area contributed by atoms with E-state index in [2.05, 4.69) is 15.0 Å². The first-order valence-corrected chi connectivity index (χ1v) is 6.47. The third-order valence-electron chi connectivity index (χ3n) is 3.17. The van der Waals surface area contributed by atoms with E-state index in [-0.39, 0.29) is 0 Å². The van der Waals surface area contributed by atoms with E-state index < -0.39 is 0 Å². The lowest BCUT2D eigenvalue weighted by atomic mass is 10.1. The number of aromatic nitrogens is 3. The number of nitrogens with one attached hydrogen (secondary N) is 2. The summed E-state index contributed by atoms with van der Waals surface area (Å²) in [6.45, 7) is 0. The highest BCUT2D eigenvalue weighted by Gasteiger charge is 2.12. The zero-order chi connectivity index (χ0) is 14.7. The number of H-pyrrole nitrogens is 1. The number of hydrogen-bond acceptors (Lipinski definition) is 4. The van der Waals surface area contributed by atoms with Crippen molar-refractivity contribution in [2.45, 2.75) is 0 Å². The topological polar surface area (TPSA) is 74.7 Å². The molecule has 1 aromatic carbocycles. The van der Waals surface area contributed by atoms with Crippen molar-refractivity contribution in [2.24, 2.45) is 0 Å². The van der Waals surface area contributed by atoms with E-state index >= 15 is 0 Å². The minimum Gasteiger partial charge on any atom is -0.497 e. The fraction of sp³-hybridized carbons (Fsp3) is 0.0625. The zero-order valence-electron chi connectivity index (χ0n) is 11.5. The molecule has 0 bridgehead atoms. The highest BCUT2D eigenvalue weighted by molar-refractivity contribution is 5.86. The van der Waals surface area contributed by atoms with E-state index in [4.69, 9.17) is 10.1 Å². The third-order valence-corrected chi connectivity index (χ3v) is 3.17. The van der Waals surface area contributed by atoms with Crippen molar-refractivity contribution in [1.29, 1.82) is 5.41 Å². The van der Waals surface area contributed by atoms with Crippen molar-refractivity contribution in [3.8, 4) is 28.4 Å². The van der Waals surface area contributed by atoms with E-state index in [0.29, 0.717) is 11.5 Å². The van der Waals surface area contributed by atoms with Crippen LogP contribution in [0.5, 0.6) is 5.75 Å². The van der Waals surface area contributed by atoms with Crippen LogP contribution in [0.2, 0.25) is 0 Å². The summed E-state index contributed by atoms with van der Waals surface area (Å²) in [4.78, 5) is 11.8. The predicted octanol–water partition coefficient (Wildman–Crippen LogP) is 3.14. The summed E-state index contributed by atoms with van der Waals surface area (Å²) in [5.74, 6) is 1.49. The fourth-order valence-electron chi connectivity index (χ4n) is 2.10. The van der Waals surface area contributed by atoms with E-state index in [1.54, 1.807) is 19.5 Å². The van der Waals surface area contributed by atoms with Gasteiger partial charge in [0, 0.05) is 29.7 Å². The highest BCUT2D eigenvalue weighted by atomic mass is 16.5. The average molecular weight is 278 g/mol. The van der Waals surface area contributed by atoms with Crippen LogP contribution in [0, 0.1) is 5.41 Å². The number of rotatable bonds is 4. The van der Waals surface area contributed by atoms with Gasteiger partial charge in [-0.3, -0.25) is 4.98 Å². The lowest BCUT2D eigenvalue weighted by Crippen LogP contribution is -1.87. The largest absolute Gasteiger partial charge is 0.497 e. The zero-order valence-corrected chi connectivity index (χ0v) is 11.5. The molecule has 0 aliphatic heterocycles. The van der Waals surface area contributed by atoms with Gasteiger partial charge < -0.3 is 15.1 Å². The lowest BCUT2D eigenvalue weighted by molar-refractivity contribution is 0.415. The number of hydrogen-bond donors (Lipinski definition) is 2. The molecule has 2 N–H and O–H groups in total. The van der Waals surface area contributed by atoms with Crippen LogP contribution < -0.4 is 4.74 Å². The maximum Gasteiger partial charge on any atom is 0.140 e. The van der Waals surface area contributed by atoms with E-state index in [1.807, 2.05) is 36.4 Å². The van der Waals surface area contributed by atoms with Crippen LogP contribution in [0.4, 0.5) is 0 Å². The monoisotopic (exact) mass is 278 g/mol. The Morgan fingerprint density at radius 3 is 2.57 bits per heavy atom. The predicted molar refractivity (Wildman–Crippen MR) is 81.7 cm³/mol. The van der Waals surface area contributed by atoms with Crippen molar-refractivity contribution in [3.63, 3.8) is 0 Å².